The number of hydrogen-bond donors (Lipinski definition) is 1. The van der Waals surface area contributed by atoms with Gasteiger partial charge in [0.05, 0.1) is 11.5 Å². The van der Waals surface area contributed by atoms with E-state index in [1.165, 1.54) is 18.2 Å². The van der Waals surface area contributed by atoms with Crippen molar-refractivity contribution in [1.82, 2.24) is 5.32 Å². The third-order valence-electron chi connectivity index (χ3n) is 3.14. The lowest BCUT2D eigenvalue weighted by molar-refractivity contribution is -0.384. The Morgan fingerprint density at radius 3 is 2.44 bits per heavy atom. The van der Waals surface area contributed by atoms with E-state index in [0.717, 1.165) is 11.6 Å². The summed E-state index contributed by atoms with van der Waals surface area (Å²) in [5, 5.41) is 13.2. The zero-order valence-corrected chi connectivity index (χ0v) is 15.0. The van der Waals surface area contributed by atoms with E-state index in [1.54, 1.807) is 0 Å². The molecule has 0 aliphatic heterocycles. The van der Waals surface area contributed by atoms with Crippen molar-refractivity contribution >= 4 is 46.4 Å². The highest BCUT2D eigenvalue weighted by Gasteiger charge is 2.35. The maximum absolute atomic E-state index is 12.3. The van der Waals surface area contributed by atoms with Crippen molar-refractivity contribution in [3.8, 4) is 0 Å². The molecule has 0 aliphatic carbocycles. The van der Waals surface area contributed by atoms with E-state index in [-0.39, 0.29) is 17.9 Å². The second kappa shape index (κ2) is 8.49. The van der Waals surface area contributed by atoms with Gasteiger partial charge in [-0.05, 0) is 11.6 Å². The van der Waals surface area contributed by atoms with Crippen molar-refractivity contribution in [2.75, 3.05) is 0 Å². The monoisotopic (exact) mass is 402 g/mol. The van der Waals surface area contributed by atoms with E-state index in [2.05, 4.69) is 5.32 Å². The number of ether oxygens (including phenoxy) is 1. The zero-order valence-electron chi connectivity index (χ0n) is 12.7. The van der Waals surface area contributed by atoms with E-state index in [0.29, 0.717) is 0 Å². The number of non-ortho nitro benzene ring substituents is 1. The maximum atomic E-state index is 12.3. The Kier molecular flexibility index (Phi) is 6.61. The van der Waals surface area contributed by atoms with Gasteiger partial charge in [-0.1, -0.05) is 71.2 Å². The first kappa shape index (κ1) is 19.5. The molecule has 0 bridgehead atoms. The number of amides is 1. The van der Waals surface area contributed by atoms with Gasteiger partial charge in [0.1, 0.15) is 0 Å². The lowest BCUT2D eigenvalue weighted by Gasteiger charge is -2.25. The van der Waals surface area contributed by atoms with Gasteiger partial charge in [0.15, 0.2) is 6.23 Å². The van der Waals surface area contributed by atoms with Gasteiger partial charge in [0.25, 0.3) is 11.6 Å². The minimum absolute atomic E-state index is 0.0526. The van der Waals surface area contributed by atoms with E-state index in [9.17, 15) is 14.9 Å². The minimum atomic E-state index is -1.93. The normalized spacial score (nSPS) is 12.4. The van der Waals surface area contributed by atoms with Crippen molar-refractivity contribution in [3.63, 3.8) is 0 Å². The molecule has 0 radical (unpaired) electrons. The van der Waals surface area contributed by atoms with Crippen LogP contribution in [0.25, 0.3) is 0 Å². The molecule has 1 atom stereocenters. The van der Waals surface area contributed by atoms with Crippen LogP contribution in [0.3, 0.4) is 0 Å². The van der Waals surface area contributed by atoms with Crippen LogP contribution in [0.5, 0.6) is 0 Å². The third kappa shape index (κ3) is 5.86. The standard InChI is InChI=1S/C16H13Cl3N2O4/c17-16(18,19)15(25-10-11-5-2-1-3-6-11)20-14(22)12-7-4-8-13(9-12)21(23)24/h1-9,15H,10H2,(H,20,22)/t15-/m1/s1. The number of carbonyl (C=O) groups is 1. The molecule has 9 heteroatoms. The van der Waals surface area contributed by atoms with Crippen LogP contribution in [0.4, 0.5) is 5.69 Å². The van der Waals surface area contributed by atoms with Crippen LogP contribution < -0.4 is 5.32 Å². The van der Waals surface area contributed by atoms with Crippen molar-refractivity contribution in [2.45, 2.75) is 16.6 Å². The predicted molar refractivity (Wildman–Crippen MR) is 95.9 cm³/mol. The van der Waals surface area contributed by atoms with Gasteiger partial charge in [0, 0.05) is 17.7 Å². The van der Waals surface area contributed by atoms with E-state index < -0.39 is 20.9 Å². The van der Waals surface area contributed by atoms with Gasteiger partial charge in [-0.3, -0.25) is 14.9 Å². The van der Waals surface area contributed by atoms with E-state index in [1.807, 2.05) is 30.3 Å². The van der Waals surface area contributed by atoms with Crippen molar-refractivity contribution in [3.05, 3.63) is 75.8 Å². The Balaban J connectivity index is 2.10. The van der Waals surface area contributed by atoms with Crippen molar-refractivity contribution in [2.24, 2.45) is 0 Å². The van der Waals surface area contributed by atoms with Gasteiger partial charge in [-0.15, -0.1) is 0 Å². The number of alkyl halides is 3. The largest absolute Gasteiger partial charge is 0.349 e. The highest BCUT2D eigenvalue weighted by molar-refractivity contribution is 6.68. The number of nitrogens with one attached hydrogen (secondary N) is 1. The minimum Gasteiger partial charge on any atom is -0.349 e. The lowest BCUT2D eigenvalue weighted by atomic mass is 10.2. The van der Waals surface area contributed by atoms with Gasteiger partial charge in [-0.2, -0.15) is 0 Å². The summed E-state index contributed by atoms with van der Waals surface area (Å²) in [4.78, 5) is 22.5. The fraction of sp³-hybridized carbons (Fsp3) is 0.188. The number of nitro benzene ring substituents is 1. The number of carbonyl (C=O) groups excluding carboxylic acids is 1. The fourth-order valence-corrected chi connectivity index (χ4v) is 2.29. The average Bonchev–Trinajstić information content (AvgIpc) is 2.58. The molecular formula is C16H13Cl3N2O4. The molecule has 25 heavy (non-hydrogen) atoms. The van der Waals surface area contributed by atoms with Crippen LogP contribution in [0, 0.1) is 10.1 Å². The molecule has 0 fully saturated rings. The molecule has 1 amide bonds. The summed E-state index contributed by atoms with van der Waals surface area (Å²) in [6.07, 6.45) is -1.25. The molecule has 2 rings (SSSR count). The number of nitrogens with zero attached hydrogens (tertiary/aromatic N) is 1. The molecule has 0 saturated carbocycles. The maximum Gasteiger partial charge on any atom is 0.270 e. The second-order valence-corrected chi connectivity index (χ2v) is 7.37. The predicted octanol–water partition coefficient (Wildman–Crippen LogP) is 4.24. The Bertz CT molecular complexity index is 751. The molecule has 1 N–H and O–H groups in total. The van der Waals surface area contributed by atoms with Crippen LogP contribution in [0.2, 0.25) is 0 Å². The fourth-order valence-electron chi connectivity index (χ4n) is 1.93. The number of halogens is 3. The molecule has 6 nitrogen and oxygen atoms in total. The topological polar surface area (TPSA) is 81.5 Å². The van der Waals surface area contributed by atoms with Crippen LogP contribution in [-0.2, 0) is 11.3 Å². The first-order valence-corrected chi connectivity index (χ1v) is 8.18. The molecule has 0 aromatic heterocycles. The number of nitro groups is 1. The Labute approximate surface area is 158 Å². The average molecular weight is 404 g/mol. The molecule has 0 aliphatic rings. The molecule has 2 aromatic carbocycles. The first-order valence-electron chi connectivity index (χ1n) is 7.05. The quantitative estimate of drug-likeness (QED) is 0.338. The molecule has 0 saturated heterocycles. The second-order valence-electron chi connectivity index (χ2n) is 5.00. The molecule has 0 unspecified atom stereocenters. The van der Waals surface area contributed by atoms with Crippen LogP contribution in [0.15, 0.2) is 54.6 Å². The smallest absolute Gasteiger partial charge is 0.270 e. The summed E-state index contributed by atoms with van der Waals surface area (Å²) in [6.45, 7) is 0.106. The summed E-state index contributed by atoms with van der Waals surface area (Å²) in [7, 11) is 0. The Morgan fingerprint density at radius 1 is 1.16 bits per heavy atom. The van der Waals surface area contributed by atoms with Gasteiger partial charge >= 0.3 is 0 Å². The lowest BCUT2D eigenvalue weighted by Crippen LogP contribution is -2.45. The summed E-state index contributed by atoms with van der Waals surface area (Å²) in [5.41, 5.74) is 0.659. The third-order valence-corrected chi connectivity index (χ3v) is 3.73. The number of benzene rings is 2. The van der Waals surface area contributed by atoms with E-state index in [4.69, 9.17) is 39.5 Å². The summed E-state index contributed by atoms with van der Waals surface area (Å²) in [6, 6.07) is 14.3. The van der Waals surface area contributed by atoms with Crippen LogP contribution >= 0.6 is 34.8 Å². The summed E-state index contributed by atoms with van der Waals surface area (Å²) >= 11 is 17.6. The van der Waals surface area contributed by atoms with Crippen molar-refractivity contribution in [1.29, 1.82) is 0 Å². The van der Waals surface area contributed by atoms with Crippen molar-refractivity contribution < 1.29 is 14.5 Å². The zero-order chi connectivity index (χ0) is 18.4. The van der Waals surface area contributed by atoms with Gasteiger partial charge in [-0.25, -0.2) is 0 Å². The van der Waals surface area contributed by atoms with Gasteiger partial charge < -0.3 is 10.1 Å². The molecule has 0 spiro atoms. The molecule has 2 aromatic rings. The van der Waals surface area contributed by atoms with E-state index >= 15 is 0 Å². The van der Waals surface area contributed by atoms with Crippen LogP contribution in [-0.4, -0.2) is 20.9 Å². The number of hydrogen-bond acceptors (Lipinski definition) is 4. The summed E-state index contributed by atoms with van der Waals surface area (Å²) in [5.74, 6) is -0.659. The van der Waals surface area contributed by atoms with Gasteiger partial charge in [0.2, 0.25) is 3.79 Å². The molecule has 0 heterocycles. The Hall–Kier alpha value is -1.86. The SMILES string of the molecule is O=C(N[C@H](OCc1ccccc1)C(Cl)(Cl)Cl)c1cccc([N+](=O)[O-])c1. The number of rotatable bonds is 6. The highest BCUT2D eigenvalue weighted by Crippen LogP contribution is 2.31. The highest BCUT2D eigenvalue weighted by atomic mass is 35.6. The van der Waals surface area contributed by atoms with Crippen LogP contribution in [0.1, 0.15) is 15.9 Å². The first-order chi connectivity index (χ1) is 11.8. The molecule has 132 valence electrons. The molecular weight excluding hydrogens is 391 g/mol. The summed E-state index contributed by atoms with van der Waals surface area (Å²) < 4.78 is 3.58. The Morgan fingerprint density at radius 2 is 1.84 bits per heavy atom.